The van der Waals surface area contributed by atoms with E-state index in [4.69, 9.17) is 23.2 Å². The van der Waals surface area contributed by atoms with Gasteiger partial charge in [0.25, 0.3) is 0 Å². The first-order valence-electron chi connectivity index (χ1n) is 6.53. The predicted octanol–water partition coefficient (Wildman–Crippen LogP) is 5.46. The Morgan fingerprint density at radius 1 is 0.952 bits per heavy atom. The molecular formula is C17H13Cl2NO. The van der Waals surface area contributed by atoms with Gasteiger partial charge >= 0.3 is 0 Å². The number of rotatable bonds is 3. The van der Waals surface area contributed by atoms with Crippen molar-refractivity contribution in [2.45, 2.75) is 6.54 Å². The van der Waals surface area contributed by atoms with Gasteiger partial charge in [-0.15, -0.1) is 0 Å². The zero-order valence-electron chi connectivity index (χ0n) is 11.1. The Bertz CT molecular complexity index is 802. The van der Waals surface area contributed by atoms with Crippen LogP contribution in [0.4, 0.5) is 5.69 Å². The Morgan fingerprint density at radius 3 is 2.62 bits per heavy atom. The lowest BCUT2D eigenvalue weighted by atomic mass is 10.0. The standard InChI is InChI=1S/C17H13Cl2NO/c18-12-6-7-15(19)16(9-12)20-10-14-13-4-2-1-3-11(13)5-8-17(14)21/h1-9,20-21H,10H2. The third kappa shape index (κ3) is 2.92. The van der Waals surface area contributed by atoms with Crippen LogP contribution in [-0.2, 0) is 6.54 Å². The molecule has 21 heavy (non-hydrogen) atoms. The van der Waals surface area contributed by atoms with Gasteiger partial charge in [0.2, 0.25) is 0 Å². The van der Waals surface area contributed by atoms with Gasteiger partial charge in [-0.3, -0.25) is 0 Å². The first-order valence-corrected chi connectivity index (χ1v) is 7.29. The SMILES string of the molecule is Oc1ccc2ccccc2c1CNc1cc(Cl)ccc1Cl. The van der Waals surface area contributed by atoms with E-state index in [-0.39, 0.29) is 5.75 Å². The number of phenolic OH excluding ortho intramolecular Hbond substituents is 1. The van der Waals surface area contributed by atoms with E-state index in [9.17, 15) is 5.11 Å². The van der Waals surface area contributed by atoms with Crippen LogP contribution in [0.3, 0.4) is 0 Å². The molecule has 0 aliphatic heterocycles. The lowest BCUT2D eigenvalue weighted by Crippen LogP contribution is -2.01. The molecule has 0 radical (unpaired) electrons. The fourth-order valence-corrected chi connectivity index (χ4v) is 2.68. The molecule has 0 saturated carbocycles. The maximum Gasteiger partial charge on any atom is 0.121 e. The Kier molecular flexibility index (Phi) is 3.91. The molecule has 0 spiro atoms. The second-order valence-corrected chi connectivity index (χ2v) is 5.61. The Hall–Kier alpha value is -1.90. The number of aromatic hydroxyl groups is 1. The lowest BCUT2D eigenvalue weighted by molar-refractivity contribution is 0.470. The predicted molar refractivity (Wildman–Crippen MR) is 89.4 cm³/mol. The van der Waals surface area contributed by atoms with Crippen molar-refractivity contribution in [3.63, 3.8) is 0 Å². The summed E-state index contributed by atoms with van der Waals surface area (Å²) in [6.07, 6.45) is 0. The topological polar surface area (TPSA) is 32.3 Å². The highest BCUT2D eigenvalue weighted by atomic mass is 35.5. The van der Waals surface area contributed by atoms with E-state index in [0.29, 0.717) is 16.6 Å². The second kappa shape index (κ2) is 5.84. The molecule has 3 aromatic rings. The minimum Gasteiger partial charge on any atom is -0.508 e. The Labute approximate surface area is 132 Å². The number of hydrogen-bond donors (Lipinski definition) is 2. The van der Waals surface area contributed by atoms with Crippen molar-refractivity contribution in [2.75, 3.05) is 5.32 Å². The van der Waals surface area contributed by atoms with Crippen LogP contribution in [0.5, 0.6) is 5.75 Å². The minimum absolute atomic E-state index is 0.263. The summed E-state index contributed by atoms with van der Waals surface area (Å²) in [4.78, 5) is 0. The molecule has 0 amide bonds. The molecule has 3 aromatic carbocycles. The molecule has 0 aliphatic rings. The van der Waals surface area contributed by atoms with E-state index in [2.05, 4.69) is 5.32 Å². The van der Waals surface area contributed by atoms with Crippen LogP contribution in [0, 0.1) is 0 Å². The summed E-state index contributed by atoms with van der Waals surface area (Å²) in [5, 5.41) is 16.7. The maximum atomic E-state index is 10.1. The van der Waals surface area contributed by atoms with Crippen LogP contribution in [0.1, 0.15) is 5.56 Å². The number of benzene rings is 3. The molecule has 2 N–H and O–H groups in total. The number of anilines is 1. The van der Waals surface area contributed by atoms with Crippen molar-refractivity contribution in [1.82, 2.24) is 0 Å². The van der Waals surface area contributed by atoms with Gasteiger partial charge in [0, 0.05) is 17.1 Å². The van der Waals surface area contributed by atoms with Crippen molar-refractivity contribution >= 4 is 39.7 Å². The zero-order chi connectivity index (χ0) is 14.8. The quantitative estimate of drug-likeness (QED) is 0.671. The summed E-state index contributed by atoms with van der Waals surface area (Å²) in [6, 6.07) is 16.8. The van der Waals surface area contributed by atoms with Crippen molar-refractivity contribution in [3.05, 3.63) is 70.2 Å². The molecule has 4 heteroatoms. The molecule has 0 fully saturated rings. The smallest absolute Gasteiger partial charge is 0.121 e. The molecular weight excluding hydrogens is 305 g/mol. The fourth-order valence-electron chi connectivity index (χ4n) is 2.33. The largest absolute Gasteiger partial charge is 0.508 e. The molecule has 0 unspecified atom stereocenters. The average Bonchev–Trinajstić information content (AvgIpc) is 2.49. The number of nitrogens with one attached hydrogen (secondary N) is 1. The molecule has 0 aliphatic carbocycles. The first-order chi connectivity index (χ1) is 10.1. The minimum atomic E-state index is 0.263. The van der Waals surface area contributed by atoms with Gasteiger partial charge in [0.1, 0.15) is 5.75 Å². The van der Waals surface area contributed by atoms with Crippen LogP contribution in [0.2, 0.25) is 10.0 Å². The second-order valence-electron chi connectivity index (χ2n) is 4.76. The van der Waals surface area contributed by atoms with Crippen LogP contribution in [0.25, 0.3) is 10.8 Å². The molecule has 106 valence electrons. The van der Waals surface area contributed by atoms with Gasteiger partial charge in [0.15, 0.2) is 0 Å². The molecule has 0 atom stereocenters. The third-order valence-electron chi connectivity index (χ3n) is 3.40. The molecule has 3 rings (SSSR count). The van der Waals surface area contributed by atoms with Crippen LogP contribution >= 0.6 is 23.2 Å². The van der Waals surface area contributed by atoms with Crippen molar-refractivity contribution in [2.24, 2.45) is 0 Å². The summed E-state index contributed by atoms with van der Waals surface area (Å²) in [7, 11) is 0. The summed E-state index contributed by atoms with van der Waals surface area (Å²) < 4.78 is 0. The van der Waals surface area contributed by atoms with E-state index in [1.54, 1.807) is 24.3 Å². The molecule has 0 saturated heterocycles. The van der Waals surface area contributed by atoms with E-state index in [1.165, 1.54) is 0 Å². The highest BCUT2D eigenvalue weighted by Gasteiger charge is 2.08. The van der Waals surface area contributed by atoms with E-state index in [0.717, 1.165) is 22.0 Å². The van der Waals surface area contributed by atoms with Gasteiger partial charge in [-0.25, -0.2) is 0 Å². The molecule has 2 nitrogen and oxygen atoms in total. The van der Waals surface area contributed by atoms with Crippen molar-refractivity contribution in [1.29, 1.82) is 0 Å². The summed E-state index contributed by atoms with van der Waals surface area (Å²) in [6.45, 7) is 0.466. The Morgan fingerprint density at radius 2 is 1.76 bits per heavy atom. The van der Waals surface area contributed by atoms with Crippen LogP contribution in [-0.4, -0.2) is 5.11 Å². The average molecular weight is 318 g/mol. The monoisotopic (exact) mass is 317 g/mol. The molecule has 0 heterocycles. The molecule has 0 aromatic heterocycles. The van der Waals surface area contributed by atoms with E-state index in [1.807, 2.05) is 30.3 Å². The van der Waals surface area contributed by atoms with Crippen molar-refractivity contribution < 1.29 is 5.11 Å². The van der Waals surface area contributed by atoms with Crippen LogP contribution in [0.15, 0.2) is 54.6 Å². The van der Waals surface area contributed by atoms with E-state index < -0.39 is 0 Å². The van der Waals surface area contributed by atoms with Gasteiger partial charge < -0.3 is 10.4 Å². The van der Waals surface area contributed by atoms with Crippen molar-refractivity contribution in [3.8, 4) is 5.75 Å². The van der Waals surface area contributed by atoms with Gasteiger partial charge in [-0.05, 0) is 35.0 Å². The normalized spacial score (nSPS) is 10.8. The number of phenols is 1. The number of fused-ring (bicyclic) bond motifs is 1. The maximum absolute atomic E-state index is 10.1. The number of halogens is 2. The van der Waals surface area contributed by atoms with Crippen LogP contribution < -0.4 is 5.32 Å². The summed E-state index contributed by atoms with van der Waals surface area (Å²) in [5.41, 5.74) is 1.58. The fraction of sp³-hybridized carbons (Fsp3) is 0.0588. The highest BCUT2D eigenvalue weighted by molar-refractivity contribution is 6.35. The third-order valence-corrected chi connectivity index (χ3v) is 3.96. The van der Waals surface area contributed by atoms with Gasteiger partial charge in [-0.2, -0.15) is 0 Å². The highest BCUT2D eigenvalue weighted by Crippen LogP contribution is 2.30. The lowest BCUT2D eigenvalue weighted by Gasteiger charge is -2.12. The first kappa shape index (κ1) is 14.1. The molecule has 0 bridgehead atoms. The van der Waals surface area contributed by atoms with Gasteiger partial charge in [0.05, 0.1) is 10.7 Å². The Balaban J connectivity index is 1.95. The summed E-state index contributed by atoms with van der Waals surface area (Å²) >= 11 is 12.1. The zero-order valence-corrected chi connectivity index (χ0v) is 12.6. The van der Waals surface area contributed by atoms with Gasteiger partial charge in [-0.1, -0.05) is 53.5 Å². The summed E-state index contributed by atoms with van der Waals surface area (Å²) in [5.74, 6) is 0.263. The van der Waals surface area contributed by atoms with E-state index >= 15 is 0 Å². The number of hydrogen-bond acceptors (Lipinski definition) is 2.